The minimum atomic E-state index is -3.96. The molecule has 3 atom stereocenters. The molecule has 0 aliphatic carbocycles. The summed E-state index contributed by atoms with van der Waals surface area (Å²) in [6.45, 7) is 3.44. The summed E-state index contributed by atoms with van der Waals surface area (Å²) in [6, 6.07) is 18.2. The van der Waals surface area contributed by atoms with Gasteiger partial charge in [-0.05, 0) is 18.1 Å². The van der Waals surface area contributed by atoms with E-state index in [0.717, 1.165) is 11.1 Å². The van der Waals surface area contributed by atoms with E-state index in [-0.39, 0.29) is 25.8 Å². The fourth-order valence-electron chi connectivity index (χ4n) is 2.91. The van der Waals surface area contributed by atoms with Crippen molar-refractivity contribution in [3.05, 3.63) is 71.8 Å². The Labute approximate surface area is 176 Å². The number of esters is 1. The lowest BCUT2D eigenvalue weighted by Crippen LogP contribution is -2.38. The van der Waals surface area contributed by atoms with Crippen LogP contribution in [0.25, 0.3) is 0 Å². The molecule has 1 amide bonds. The van der Waals surface area contributed by atoms with Gasteiger partial charge >= 0.3 is 12.1 Å². The van der Waals surface area contributed by atoms with Gasteiger partial charge in [0.2, 0.25) is 7.37 Å². The Bertz CT molecular complexity index is 858. The van der Waals surface area contributed by atoms with Crippen molar-refractivity contribution in [2.24, 2.45) is 5.92 Å². The predicted molar refractivity (Wildman–Crippen MR) is 114 cm³/mol. The summed E-state index contributed by atoms with van der Waals surface area (Å²) >= 11 is 0. The first kappa shape index (κ1) is 23.6. The fraction of sp³-hybridized carbons (Fsp3) is 0.364. The Hall–Kier alpha value is -2.63. The molecule has 0 aliphatic heterocycles. The van der Waals surface area contributed by atoms with Crippen molar-refractivity contribution < 1.29 is 28.5 Å². The Morgan fingerprint density at radius 3 is 2.13 bits per heavy atom. The maximum atomic E-state index is 13.1. The predicted octanol–water partition coefficient (Wildman–Crippen LogP) is 3.95. The highest BCUT2D eigenvalue weighted by molar-refractivity contribution is 7.58. The summed E-state index contributed by atoms with van der Waals surface area (Å²) in [5.74, 6) is -2.42. The molecular weight excluding hydrogens is 405 g/mol. The van der Waals surface area contributed by atoms with Gasteiger partial charge in [-0.3, -0.25) is 9.36 Å². The zero-order chi connectivity index (χ0) is 22.0. The Balaban J connectivity index is 2.09. The van der Waals surface area contributed by atoms with Gasteiger partial charge in [0, 0.05) is 12.6 Å². The number of hydrogen-bond donors (Lipinski definition) is 2. The first-order valence-electron chi connectivity index (χ1n) is 9.81. The van der Waals surface area contributed by atoms with Crippen molar-refractivity contribution in [2.75, 3.05) is 12.8 Å². The van der Waals surface area contributed by atoms with Crippen LogP contribution in [0.5, 0.6) is 0 Å². The summed E-state index contributed by atoms with van der Waals surface area (Å²) in [7, 11) is -3.96. The van der Waals surface area contributed by atoms with Crippen LogP contribution in [0, 0.1) is 5.92 Å². The van der Waals surface area contributed by atoms with Crippen LogP contribution < -0.4 is 5.32 Å². The molecule has 0 fully saturated rings. The van der Waals surface area contributed by atoms with Gasteiger partial charge in [-0.25, -0.2) is 4.79 Å². The third kappa shape index (κ3) is 7.65. The lowest BCUT2D eigenvalue weighted by molar-refractivity contribution is -0.146. The molecule has 162 valence electrons. The number of hydrogen-bond acceptors (Lipinski definition) is 5. The van der Waals surface area contributed by atoms with E-state index in [2.05, 4.69) is 5.32 Å². The molecule has 30 heavy (non-hydrogen) atoms. The maximum Gasteiger partial charge on any atom is 0.408 e. The summed E-state index contributed by atoms with van der Waals surface area (Å²) < 4.78 is 23.3. The normalized spacial score (nSPS) is 14.8. The molecule has 0 radical (unpaired) electrons. The molecule has 0 aliphatic rings. The highest BCUT2D eigenvalue weighted by Crippen LogP contribution is 2.48. The topological polar surface area (TPSA) is 102 Å². The van der Waals surface area contributed by atoms with Crippen molar-refractivity contribution in [1.29, 1.82) is 0 Å². The van der Waals surface area contributed by atoms with E-state index in [1.54, 1.807) is 19.1 Å². The number of alkyl carbamates (subject to hydrolysis) is 1. The van der Waals surface area contributed by atoms with E-state index in [4.69, 9.17) is 9.47 Å². The molecule has 0 saturated carbocycles. The van der Waals surface area contributed by atoms with Crippen LogP contribution >= 0.6 is 7.37 Å². The monoisotopic (exact) mass is 433 g/mol. The van der Waals surface area contributed by atoms with Gasteiger partial charge in [-0.2, -0.15) is 0 Å². The quantitative estimate of drug-likeness (QED) is 0.435. The number of rotatable bonds is 10. The van der Waals surface area contributed by atoms with Gasteiger partial charge in [0.15, 0.2) is 0 Å². The Kier molecular flexibility index (Phi) is 9.09. The first-order chi connectivity index (χ1) is 14.3. The van der Waals surface area contributed by atoms with Crippen LogP contribution in [-0.4, -0.2) is 35.5 Å². The molecule has 2 aromatic rings. The average molecular weight is 433 g/mol. The molecule has 8 heteroatoms. The van der Waals surface area contributed by atoms with Gasteiger partial charge in [-0.1, -0.05) is 67.6 Å². The second-order valence-electron chi connectivity index (χ2n) is 7.00. The molecule has 0 heterocycles. The fourth-order valence-corrected chi connectivity index (χ4v) is 4.90. The van der Waals surface area contributed by atoms with Crippen LogP contribution in [0.1, 0.15) is 25.0 Å². The van der Waals surface area contributed by atoms with Crippen LogP contribution in [0.15, 0.2) is 60.7 Å². The second kappa shape index (κ2) is 11.5. The second-order valence-corrected chi connectivity index (χ2v) is 9.50. The number of ether oxygens (including phenoxy) is 2. The van der Waals surface area contributed by atoms with E-state index in [1.807, 2.05) is 48.5 Å². The van der Waals surface area contributed by atoms with Gasteiger partial charge in [0.1, 0.15) is 12.4 Å². The zero-order valence-corrected chi connectivity index (χ0v) is 18.1. The maximum absolute atomic E-state index is 13.1. The molecule has 0 saturated heterocycles. The van der Waals surface area contributed by atoms with E-state index >= 15 is 0 Å². The molecule has 0 spiro atoms. The average Bonchev–Trinajstić information content (AvgIpc) is 2.73. The van der Waals surface area contributed by atoms with Crippen LogP contribution in [0.4, 0.5) is 4.79 Å². The number of carbonyl (C=O) groups excluding carboxylic acids is 2. The van der Waals surface area contributed by atoms with E-state index < -0.39 is 31.1 Å². The van der Waals surface area contributed by atoms with E-state index in [0.29, 0.717) is 0 Å². The Morgan fingerprint density at radius 1 is 1.00 bits per heavy atom. The number of nitrogens with one attached hydrogen (secondary N) is 1. The lowest BCUT2D eigenvalue weighted by Gasteiger charge is -2.26. The third-order valence-corrected chi connectivity index (χ3v) is 6.84. The standard InChI is InChI=1S/C22H28NO6P/c1-3-28-21(24)17(2)16-30(26,27)20(14-18-10-6-4-7-11-18)23-22(25)29-15-19-12-8-5-9-13-19/h4-13,17,20H,3,14-16H2,1-2H3,(H,23,25)(H,26,27)/t17-,20+/m1/s1. The van der Waals surface area contributed by atoms with Crippen molar-refractivity contribution >= 4 is 19.4 Å². The molecule has 2 rings (SSSR count). The summed E-state index contributed by atoms with van der Waals surface area (Å²) in [4.78, 5) is 35.0. The van der Waals surface area contributed by atoms with Gasteiger partial charge in [-0.15, -0.1) is 0 Å². The first-order valence-corrected chi connectivity index (χ1v) is 11.7. The number of benzene rings is 2. The molecule has 0 aromatic heterocycles. The van der Waals surface area contributed by atoms with Gasteiger partial charge in [0.25, 0.3) is 0 Å². The molecule has 0 bridgehead atoms. The van der Waals surface area contributed by atoms with Crippen LogP contribution in [0.3, 0.4) is 0 Å². The molecule has 2 aromatic carbocycles. The zero-order valence-electron chi connectivity index (χ0n) is 17.2. The molecule has 1 unspecified atom stereocenters. The smallest absolute Gasteiger partial charge is 0.408 e. The largest absolute Gasteiger partial charge is 0.466 e. The lowest BCUT2D eigenvalue weighted by atomic mass is 10.1. The number of carbonyl (C=O) groups is 2. The van der Waals surface area contributed by atoms with Gasteiger partial charge < -0.3 is 19.7 Å². The van der Waals surface area contributed by atoms with Crippen molar-refractivity contribution in [2.45, 2.75) is 32.7 Å². The highest BCUT2D eigenvalue weighted by atomic mass is 31.2. The van der Waals surface area contributed by atoms with E-state index in [9.17, 15) is 19.0 Å². The molecule has 7 nitrogen and oxygen atoms in total. The minimum Gasteiger partial charge on any atom is -0.466 e. The van der Waals surface area contributed by atoms with E-state index in [1.165, 1.54) is 6.92 Å². The van der Waals surface area contributed by atoms with Crippen LogP contribution in [-0.2, 0) is 31.9 Å². The van der Waals surface area contributed by atoms with Crippen molar-refractivity contribution in [3.8, 4) is 0 Å². The molecular formula is C22H28NO6P. The Morgan fingerprint density at radius 2 is 1.57 bits per heavy atom. The summed E-state index contributed by atoms with van der Waals surface area (Å²) in [6.07, 6.45) is -0.967. The van der Waals surface area contributed by atoms with Crippen molar-refractivity contribution in [3.63, 3.8) is 0 Å². The number of amides is 1. The summed E-state index contributed by atoms with van der Waals surface area (Å²) in [5.41, 5.74) is 1.58. The van der Waals surface area contributed by atoms with Crippen LogP contribution in [0.2, 0.25) is 0 Å². The highest BCUT2D eigenvalue weighted by Gasteiger charge is 2.36. The third-order valence-electron chi connectivity index (χ3n) is 4.48. The summed E-state index contributed by atoms with van der Waals surface area (Å²) in [5, 5.41) is 2.53. The van der Waals surface area contributed by atoms with Crippen molar-refractivity contribution in [1.82, 2.24) is 5.32 Å². The SMILES string of the molecule is CCOC(=O)[C@H](C)CP(=O)(O)[C@@H](Cc1ccccc1)NC(=O)OCc1ccccc1. The molecule has 2 N–H and O–H groups in total. The van der Waals surface area contributed by atoms with Gasteiger partial charge in [0.05, 0.1) is 12.5 Å². The minimum absolute atomic E-state index is 0.0414.